The van der Waals surface area contributed by atoms with Gasteiger partial charge in [-0.15, -0.1) is 0 Å². The lowest BCUT2D eigenvalue weighted by Crippen LogP contribution is -2.62. The van der Waals surface area contributed by atoms with E-state index in [1.807, 2.05) is 0 Å². The zero-order chi connectivity index (χ0) is 31.1. The van der Waals surface area contributed by atoms with Crippen LogP contribution in [0.3, 0.4) is 0 Å². The van der Waals surface area contributed by atoms with E-state index in [2.05, 4.69) is 4.74 Å². The number of carboxylic acids is 1. The lowest BCUT2D eigenvalue weighted by molar-refractivity contribution is -0.363. The molecule has 8 N–H and O–H groups in total. The number of carboxylic acid groups (broad SMARTS) is 1. The van der Waals surface area contributed by atoms with Crippen LogP contribution in [0.5, 0.6) is 0 Å². The first-order valence-electron chi connectivity index (χ1n) is 13.4. The topological polar surface area (TPSA) is 216 Å². The number of rotatable bonds is 14. The summed E-state index contributed by atoms with van der Waals surface area (Å²) in [5.41, 5.74) is 0. The van der Waals surface area contributed by atoms with Crippen LogP contribution in [-0.2, 0) is 23.7 Å². The zero-order valence-electron chi connectivity index (χ0n) is 22.8. The molecule has 41 heavy (non-hydrogen) atoms. The van der Waals surface area contributed by atoms with Crippen LogP contribution in [0.1, 0.15) is 58.8 Å². The molecule has 1 heterocycles. The Hall–Kier alpha value is -1.76. The van der Waals surface area contributed by atoms with Gasteiger partial charge in [0.05, 0.1) is 12.2 Å². The van der Waals surface area contributed by atoms with Gasteiger partial charge < -0.3 is 59.8 Å². The predicted octanol–water partition coefficient (Wildman–Crippen LogP) is 0.438. The fourth-order valence-electron chi connectivity index (χ4n) is 4.69. The molecule has 2 fully saturated rings. The first-order valence-corrected chi connectivity index (χ1v) is 13.4. The maximum Gasteiger partial charge on any atom is 0.417 e. The van der Waals surface area contributed by atoms with E-state index in [1.54, 1.807) is 0 Å². The van der Waals surface area contributed by atoms with Gasteiger partial charge in [0.25, 0.3) is 0 Å². The van der Waals surface area contributed by atoms with Crippen LogP contribution in [-0.4, -0.2) is 121 Å². The second-order valence-corrected chi connectivity index (χ2v) is 10.4. The number of carbonyl (C=O) groups is 1. The van der Waals surface area contributed by atoms with E-state index in [-0.39, 0.29) is 18.8 Å². The van der Waals surface area contributed by atoms with E-state index in [1.165, 1.54) is 13.8 Å². The van der Waals surface area contributed by atoms with Crippen molar-refractivity contribution < 1.29 is 77.8 Å². The molecule has 1 saturated carbocycles. The molecule has 1 saturated heterocycles. The summed E-state index contributed by atoms with van der Waals surface area (Å²) < 4.78 is 60.1. The summed E-state index contributed by atoms with van der Waals surface area (Å²) in [4.78, 5) is 11.9. The molecule has 13 nitrogen and oxygen atoms in total. The molecule has 0 amide bonds. The third-order valence-electron chi connectivity index (χ3n) is 7.25. The van der Waals surface area contributed by atoms with Crippen LogP contribution in [0.2, 0.25) is 0 Å². The predicted molar refractivity (Wildman–Crippen MR) is 131 cm³/mol. The molecule has 0 spiro atoms. The van der Waals surface area contributed by atoms with E-state index in [9.17, 15) is 58.8 Å². The quantitative estimate of drug-likeness (QED) is 0.0996. The Balaban J connectivity index is 2.14. The van der Waals surface area contributed by atoms with Gasteiger partial charge in [-0.1, -0.05) is 32.1 Å². The fourth-order valence-corrected chi connectivity index (χ4v) is 4.69. The van der Waals surface area contributed by atoms with Crippen LogP contribution in [0, 0.1) is 5.92 Å². The summed E-state index contributed by atoms with van der Waals surface area (Å²) >= 11 is 0. The molecule has 2 aliphatic rings. The second-order valence-electron chi connectivity index (χ2n) is 10.4. The normalized spacial score (nSPS) is 30.6. The Morgan fingerprint density at radius 3 is 2.12 bits per heavy atom. The Kier molecular flexibility index (Phi) is 13.5. The number of halogens is 3. The lowest BCUT2D eigenvalue weighted by Gasteiger charge is -2.42. The van der Waals surface area contributed by atoms with E-state index >= 15 is 0 Å². The van der Waals surface area contributed by atoms with Crippen LogP contribution < -0.4 is 0 Å². The Morgan fingerprint density at radius 2 is 1.59 bits per heavy atom. The van der Waals surface area contributed by atoms with E-state index < -0.39 is 91.7 Å². The highest BCUT2D eigenvalue weighted by molar-refractivity contribution is 5.72. The zero-order valence-corrected chi connectivity index (χ0v) is 22.8. The van der Waals surface area contributed by atoms with Crippen molar-refractivity contribution in [1.82, 2.24) is 0 Å². The van der Waals surface area contributed by atoms with Crippen LogP contribution in [0.4, 0.5) is 13.2 Å². The van der Waals surface area contributed by atoms with Crippen molar-refractivity contribution in [3.63, 3.8) is 0 Å². The minimum atomic E-state index is -5.10. The van der Waals surface area contributed by atoms with Gasteiger partial charge in [-0.25, -0.2) is 4.79 Å². The van der Waals surface area contributed by atoms with E-state index in [0.29, 0.717) is 0 Å². The molecule has 0 aromatic heterocycles. The van der Waals surface area contributed by atoms with Crippen molar-refractivity contribution in [3.8, 4) is 0 Å². The third-order valence-corrected chi connectivity index (χ3v) is 7.25. The highest BCUT2D eigenvalue weighted by Gasteiger charge is 2.56. The molecule has 0 aromatic carbocycles. The summed E-state index contributed by atoms with van der Waals surface area (Å²) in [6.45, 7) is 1.93. The minimum Gasteiger partial charge on any atom is -0.505 e. The van der Waals surface area contributed by atoms with Crippen LogP contribution in [0.25, 0.3) is 0 Å². The summed E-state index contributed by atoms with van der Waals surface area (Å²) in [7, 11) is 0. The van der Waals surface area contributed by atoms with E-state index in [4.69, 9.17) is 14.2 Å². The largest absolute Gasteiger partial charge is 0.505 e. The van der Waals surface area contributed by atoms with Crippen molar-refractivity contribution >= 4 is 5.97 Å². The Labute approximate surface area is 234 Å². The molecule has 1 aliphatic carbocycles. The molecule has 0 aromatic rings. The number of alkyl halides is 3. The summed E-state index contributed by atoms with van der Waals surface area (Å²) in [6, 6.07) is 0. The first kappa shape index (κ1) is 35.4. The van der Waals surface area contributed by atoms with Crippen molar-refractivity contribution in [2.45, 2.75) is 126 Å². The molecule has 1 aliphatic heterocycles. The van der Waals surface area contributed by atoms with Crippen molar-refractivity contribution in [1.29, 1.82) is 0 Å². The smallest absolute Gasteiger partial charge is 0.417 e. The van der Waals surface area contributed by atoms with E-state index in [0.717, 1.165) is 32.1 Å². The molecule has 0 bridgehead atoms. The number of aliphatic hydroxyl groups is 7. The van der Waals surface area contributed by atoms with Gasteiger partial charge in [-0.2, -0.15) is 13.2 Å². The molecule has 16 heteroatoms. The van der Waals surface area contributed by atoms with Crippen molar-refractivity contribution in [2.24, 2.45) is 5.92 Å². The van der Waals surface area contributed by atoms with Crippen LogP contribution >= 0.6 is 0 Å². The summed E-state index contributed by atoms with van der Waals surface area (Å²) in [5, 5.41) is 80.0. The molecule has 0 radical (unpaired) electrons. The van der Waals surface area contributed by atoms with Gasteiger partial charge in [0.1, 0.15) is 24.4 Å². The first-order chi connectivity index (χ1) is 19.1. The van der Waals surface area contributed by atoms with Crippen molar-refractivity contribution in [2.75, 3.05) is 6.61 Å². The molecule has 2 rings (SSSR count). The monoisotopic (exact) mass is 606 g/mol. The number of hydrogen-bond acceptors (Lipinski definition) is 12. The summed E-state index contributed by atoms with van der Waals surface area (Å²) in [6.07, 6.45) is -20.8. The highest BCUT2D eigenvalue weighted by atomic mass is 19.4. The lowest BCUT2D eigenvalue weighted by atomic mass is 9.85. The SMILES string of the molecule is CC(O[C@@H]1OC(C(F)(F)F)[C@@H](O)C(O)C1O)[C@@H](C)O[C@H](O)/C(O)=C(\O[C@@H](CC1CCCCC1)C(=O)O)[C@@H](O)CCO. The van der Waals surface area contributed by atoms with Gasteiger partial charge >= 0.3 is 12.1 Å². The van der Waals surface area contributed by atoms with Gasteiger partial charge in [0.15, 0.2) is 30.0 Å². The maximum absolute atomic E-state index is 13.2. The van der Waals surface area contributed by atoms with Gasteiger partial charge in [-0.3, -0.25) is 0 Å². The third kappa shape index (κ3) is 9.90. The number of hydrogen-bond donors (Lipinski definition) is 8. The molecular weight excluding hydrogens is 565 g/mol. The fraction of sp³-hybridized carbons (Fsp3) is 0.880. The maximum atomic E-state index is 13.2. The van der Waals surface area contributed by atoms with Gasteiger partial charge in [0.2, 0.25) is 6.29 Å². The Morgan fingerprint density at radius 1 is 0.976 bits per heavy atom. The summed E-state index contributed by atoms with van der Waals surface area (Å²) in [5.74, 6) is -3.20. The van der Waals surface area contributed by atoms with Crippen molar-refractivity contribution in [3.05, 3.63) is 11.5 Å². The molecule has 4 unspecified atom stereocenters. The highest BCUT2D eigenvalue weighted by Crippen LogP contribution is 2.34. The standard InChI is InChI=1S/C25H41F3O13/c1-11(12(2)39-24-18(33)16(31)17(32)21(41-24)25(26,27)28)38-23(37)19(34)20(14(30)8-9-29)40-15(22(35)36)10-13-6-4-3-5-7-13/h11-18,21,23-24,29-34,37H,3-10H2,1-2H3,(H,35,36)/b20-19+/t11-,12?,14+,15+,16?,17+,18?,21?,23+,24-/m1/s1. The average molecular weight is 607 g/mol. The van der Waals surface area contributed by atoms with Crippen LogP contribution in [0.15, 0.2) is 11.5 Å². The molecule has 240 valence electrons. The second kappa shape index (κ2) is 15.6. The number of aliphatic hydroxyl groups excluding tert-OH is 7. The number of ether oxygens (including phenoxy) is 4. The Bertz CT molecular complexity index is 851. The number of aliphatic carboxylic acids is 1. The minimum absolute atomic E-state index is 0.0244. The average Bonchev–Trinajstić information content (AvgIpc) is 2.90. The molecular formula is C25H41F3O13. The van der Waals surface area contributed by atoms with Gasteiger partial charge in [-0.05, 0) is 26.2 Å². The van der Waals surface area contributed by atoms with Gasteiger partial charge in [0, 0.05) is 13.0 Å². The molecule has 10 atom stereocenters.